The third kappa shape index (κ3) is 6.93. The number of hydrogen-bond acceptors (Lipinski definition) is 4. The lowest BCUT2D eigenvalue weighted by atomic mass is 10.1. The molecule has 2 aromatic rings. The molecule has 0 spiro atoms. The van der Waals surface area contributed by atoms with Gasteiger partial charge in [0.15, 0.2) is 5.78 Å². The molecule has 0 aliphatic rings. The molecule has 0 saturated carbocycles. The predicted octanol–water partition coefficient (Wildman–Crippen LogP) is 3.32. The van der Waals surface area contributed by atoms with Crippen molar-refractivity contribution in [3.05, 3.63) is 59.7 Å². The van der Waals surface area contributed by atoms with Crippen LogP contribution in [0.15, 0.2) is 48.5 Å². The highest BCUT2D eigenvalue weighted by Gasteiger charge is 2.09. The Balaban J connectivity index is 1.75. The summed E-state index contributed by atoms with van der Waals surface area (Å²) in [6.07, 6.45) is 0.289. The van der Waals surface area contributed by atoms with Crippen molar-refractivity contribution in [3.8, 4) is 5.75 Å². The van der Waals surface area contributed by atoms with Gasteiger partial charge in [-0.25, -0.2) is 0 Å². The highest BCUT2D eigenvalue weighted by Crippen LogP contribution is 2.14. The van der Waals surface area contributed by atoms with Gasteiger partial charge in [0.2, 0.25) is 11.8 Å². The van der Waals surface area contributed by atoms with Crippen molar-refractivity contribution in [2.75, 3.05) is 11.9 Å². The third-order valence-corrected chi connectivity index (χ3v) is 3.83. The van der Waals surface area contributed by atoms with E-state index in [1.807, 2.05) is 19.1 Å². The molecule has 2 N–H and O–H groups in total. The number of ether oxygens (including phenoxy) is 1. The van der Waals surface area contributed by atoms with E-state index in [1.54, 1.807) is 36.4 Å². The molecule has 2 aromatic carbocycles. The summed E-state index contributed by atoms with van der Waals surface area (Å²) in [7, 11) is 0. The summed E-state index contributed by atoms with van der Waals surface area (Å²) in [6, 6.07) is 14.1. The van der Waals surface area contributed by atoms with Crippen LogP contribution in [0, 0.1) is 0 Å². The molecular weight excluding hydrogens is 344 g/mol. The minimum atomic E-state index is -0.180. The smallest absolute Gasteiger partial charge is 0.221 e. The SMILES string of the molecule is CCOc1ccc(C(=O)CCC(=O)NCc2ccc(NC(C)=O)cc2)cc1. The van der Waals surface area contributed by atoms with Crippen LogP contribution in [0.25, 0.3) is 0 Å². The van der Waals surface area contributed by atoms with E-state index in [9.17, 15) is 14.4 Å². The molecule has 27 heavy (non-hydrogen) atoms. The van der Waals surface area contributed by atoms with Crippen LogP contribution in [0.5, 0.6) is 5.75 Å². The van der Waals surface area contributed by atoms with Crippen LogP contribution in [-0.4, -0.2) is 24.2 Å². The highest BCUT2D eigenvalue weighted by molar-refractivity contribution is 5.98. The number of hydrogen-bond donors (Lipinski definition) is 2. The van der Waals surface area contributed by atoms with Gasteiger partial charge < -0.3 is 15.4 Å². The van der Waals surface area contributed by atoms with E-state index >= 15 is 0 Å². The molecule has 0 radical (unpaired) electrons. The standard InChI is InChI=1S/C21H24N2O4/c1-3-27-19-10-6-17(7-11-19)20(25)12-13-21(26)22-14-16-4-8-18(9-5-16)23-15(2)24/h4-11H,3,12-14H2,1-2H3,(H,22,26)(H,23,24). The van der Waals surface area contributed by atoms with Crippen LogP contribution in [0.3, 0.4) is 0 Å². The topological polar surface area (TPSA) is 84.5 Å². The summed E-state index contributed by atoms with van der Waals surface area (Å²) in [6.45, 7) is 4.29. The van der Waals surface area contributed by atoms with Gasteiger partial charge in [-0.05, 0) is 48.9 Å². The van der Waals surface area contributed by atoms with Crippen LogP contribution in [-0.2, 0) is 16.1 Å². The molecule has 6 heteroatoms. The molecule has 0 aliphatic carbocycles. The monoisotopic (exact) mass is 368 g/mol. The summed E-state index contributed by atoms with van der Waals surface area (Å²) >= 11 is 0. The van der Waals surface area contributed by atoms with Crippen molar-refractivity contribution >= 4 is 23.3 Å². The molecule has 0 aromatic heterocycles. The van der Waals surface area contributed by atoms with E-state index in [2.05, 4.69) is 10.6 Å². The lowest BCUT2D eigenvalue weighted by Gasteiger charge is -2.07. The quantitative estimate of drug-likeness (QED) is 0.665. The summed E-state index contributed by atoms with van der Waals surface area (Å²) in [4.78, 5) is 35.1. The number of benzene rings is 2. The number of anilines is 1. The molecule has 142 valence electrons. The number of carbonyl (C=O) groups is 3. The zero-order chi connectivity index (χ0) is 19.6. The average molecular weight is 368 g/mol. The minimum absolute atomic E-state index is 0.0761. The minimum Gasteiger partial charge on any atom is -0.494 e. The second-order valence-electron chi connectivity index (χ2n) is 6.04. The maximum absolute atomic E-state index is 12.2. The molecule has 0 heterocycles. The Labute approximate surface area is 158 Å². The number of amides is 2. The molecular formula is C21H24N2O4. The lowest BCUT2D eigenvalue weighted by Crippen LogP contribution is -2.23. The van der Waals surface area contributed by atoms with Gasteiger partial charge in [0, 0.05) is 37.6 Å². The van der Waals surface area contributed by atoms with E-state index in [0.29, 0.717) is 24.4 Å². The van der Waals surface area contributed by atoms with Crippen LogP contribution >= 0.6 is 0 Å². The summed E-state index contributed by atoms with van der Waals surface area (Å²) in [5.41, 5.74) is 2.19. The van der Waals surface area contributed by atoms with Gasteiger partial charge in [-0.3, -0.25) is 14.4 Å². The molecule has 0 unspecified atom stereocenters. The van der Waals surface area contributed by atoms with Crippen molar-refractivity contribution in [2.45, 2.75) is 33.2 Å². The maximum atomic E-state index is 12.2. The maximum Gasteiger partial charge on any atom is 0.221 e. The van der Waals surface area contributed by atoms with Crippen LogP contribution in [0.1, 0.15) is 42.6 Å². The number of Topliss-reactive ketones (excluding diaryl/α,β-unsaturated/α-hetero) is 1. The fourth-order valence-electron chi connectivity index (χ4n) is 2.47. The first-order chi connectivity index (χ1) is 13.0. The first-order valence-corrected chi connectivity index (χ1v) is 8.87. The summed E-state index contributed by atoms with van der Waals surface area (Å²) in [5, 5.41) is 5.48. The normalized spacial score (nSPS) is 10.1. The lowest BCUT2D eigenvalue weighted by molar-refractivity contribution is -0.121. The summed E-state index contributed by atoms with van der Waals surface area (Å²) in [5.74, 6) is 0.331. The van der Waals surface area contributed by atoms with Crippen LogP contribution in [0.4, 0.5) is 5.69 Å². The van der Waals surface area contributed by atoms with E-state index < -0.39 is 0 Å². The first-order valence-electron chi connectivity index (χ1n) is 8.87. The Hall–Kier alpha value is -3.15. The molecule has 0 aliphatic heterocycles. The van der Waals surface area contributed by atoms with Gasteiger partial charge in [0.25, 0.3) is 0 Å². The number of rotatable bonds is 9. The highest BCUT2D eigenvalue weighted by atomic mass is 16.5. The molecule has 2 rings (SSSR count). The zero-order valence-electron chi connectivity index (χ0n) is 15.6. The second-order valence-corrected chi connectivity index (χ2v) is 6.04. The fourth-order valence-corrected chi connectivity index (χ4v) is 2.47. The van der Waals surface area contributed by atoms with Crippen molar-refractivity contribution in [1.29, 1.82) is 0 Å². The predicted molar refractivity (Wildman–Crippen MR) is 104 cm³/mol. The van der Waals surface area contributed by atoms with Crippen molar-refractivity contribution in [2.24, 2.45) is 0 Å². The van der Waals surface area contributed by atoms with Gasteiger partial charge in [-0.1, -0.05) is 12.1 Å². The Morgan fingerprint density at radius 3 is 2.19 bits per heavy atom. The molecule has 6 nitrogen and oxygen atoms in total. The Morgan fingerprint density at radius 1 is 0.926 bits per heavy atom. The van der Waals surface area contributed by atoms with E-state index in [1.165, 1.54) is 6.92 Å². The molecule has 0 saturated heterocycles. The zero-order valence-corrected chi connectivity index (χ0v) is 15.6. The van der Waals surface area contributed by atoms with Crippen molar-refractivity contribution in [1.82, 2.24) is 5.32 Å². The third-order valence-electron chi connectivity index (χ3n) is 3.83. The number of ketones is 1. The molecule has 2 amide bonds. The van der Waals surface area contributed by atoms with Crippen molar-refractivity contribution in [3.63, 3.8) is 0 Å². The Kier molecular flexibility index (Phi) is 7.55. The average Bonchev–Trinajstić information content (AvgIpc) is 2.66. The molecule has 0 fully saturated rings. The van der Waals surface area contributed by atoms with E-state index in [0.717, 1.165) is 11.3 Å². The van der Waals surface area contributed by atoms with Gasteiger partial charge >= 0.3 is 0 Å². The van der Waals surface area contributed by atoms with E-state index in [-0.39, 0.29) is 30.4 Å². The largest absolute Gasteiger partial charge is 0.494 e. The van der Waals surface area contributed by atoms with Gasteiger partial charge in [-0.2, -0.15) is 0 Å². The summed E-state index contributed by atoms with van der Waals surface area (Å²) < 4.78 is 5.34. The molecule has 0 bridgehead atoms. The fraction of sp³-hybridized carbons (Fsp3) is 0.286. The number of carbonyl (C=O) groups excluding carboxylic acids is 3. The molecule has 0 atom stereocenters. The van der Waals surface area contributed by atoms with E-state index in [4.69, 9.17) is 4.74 Å². The number of nitrogens with one attached hydrogen (secondary N) is 2. The van der Waals surface area contributed by atoms with Gasteiger partial charge in [0.1, 0.15) is 5.75 Å². The first kappa shape index (κ1) is 20.2. The second kappa shape index (κ2) is 10.1. The van der Waals surface area contributed by atoms with Crippen LogP contribution < -0.4 is 15.4 Å². The Morgan fingerprint density at radius 2 is 1.59 bits per heavy atom. The van der Waals surface area contributed by atoms with Gasteiger partial charge in [0.05, 0.1) is 6.61 Å². The van der Waals surface area contributed by atoms with Gasteiger partial charge in [-0.15, -0.1) is 0 Å². The van der Waals surface area contributed by atoms with Crippen molar-refractivity contribution < 1.29 is 19.1 Å². The Bertz CT molecular complexity index is 783. The van der Waals surface area contributed by atoms with Crippen LogP contribution in [0.2, 0.25) is 0 Å².